The summed E-state index contributed by atoms with van der Waals surface area (Å²) in [5.74, 6) is 1.83. The number of hydrogen-bond acceptors (Lipinski definition) is 2. The Hall–Kier alpha value is -1.74. The highest BCUT2D eigenvalue weighted by Gasteiger charge is 2.05. The first-order valence-corrected chi connectivity index (χ1v) is 7.72. The fourth-order valence-electron chi connectivity index (χ4n) is 2.11. The fraction of sp³-hybridized carbons (Fsp3) is 0.176. The van der Waals surface area contributed by atoms with E-state index in [4.69, 9.17) is 9.15 Å². The number of fused-ring (bicyclic) bond motifs is 1. The van der Waals surface area contributed by atoms with Crippen LogP contribution in [0, 0.1) is 0 Å². The molecular weight excluding hydrogens is 316 g/mol. The number of furan rings is 1. The number of alkyl halides is 1. The van der Waals surface area contributed by atoms with Gasteiger partial charge in [-0.25, -0.2) is 0 Å². The van der Waals surface area contributed by atoms with Gasteiger partial charge in [-0.3, -0.25) is 0 Å². The number of halogens is 1. The summed E-state index contributed by atoms with van der Waals surface area (Å²) < 4.78 is 11.6. The van der Waals surface area contributed by atoms with Crippen LogP contribution >= 0.6 is 15.9 Å². The summed E-state index contributed by atoms with van der Waals surface area (Å²) in [6.45, 7) is 0.571. The molecule has 20 heavy (non-hydrogen) atoms. The van der Waals surface area contributed by atoms with Gasteiger partial charge < -0.3 is 9.15 Å². The molecule has 2 aromatic carbocycles. The summed E-state index contributed by atoms with van der Waals surface area (Å²) in [6, 6.07) is 18.2. The van der Waals surface area contributed by atoms with Crippen molar-refractivity contribution in [1.29, 1.82) is 0 Å². The molecule has 0 saturated heterocycles. The van der Waals surface area contributed by atoms with Crippen molar-refractivity contribution in [3.63, 3.8) is 0 Å². The Labute approximate surface area is 126 Å². The normalized spacial score (nSPS) is 10.8. The molecule has 1 aromatic heterocycles. The van der Waals surface area contributed by atoms with Crippen LogP contribution in [0.15, 0.2) is 59.0 Å². The van der Waals surface area contributed by atoms with Crippen molar-refractivity contribution >= 4 is 26.9 Å². The lowest BCUT2D eigenvalue weighted by Gasteiger charge is -2.05. The first-order chi connectivity index (χ1) is 9.85. The van der Waals surface area contributed by atoms with E-state index in [0.29, 0.717) is 6.61 Å². The van der Waals surface area contributed by atoms with Crippen LogP contribution in [0.4, 0.5) is 0 Å². The molecule has 0 aliphatic carbocycles. The molecule has 0 saturated carbocycles. The predicted octanol–water partition coefficient (Wildman–Crippen LogP) is 4.95. The minimum absolute atomic E-state index is 0.571. The molecule has 102 valence electrons. The van der Waals surface area contributed by atoms with Gasteiger partial charge >= 0.3 is 0 Å². The molecule has 0 amide bonds. The second-order valence-electron chi connectivity index (χ2n) is 4.63. The smallest absolute Gasteiger partial charge is 0.137 e. The van der Waals surface area contributed by atoms with Gasteiger partial charge in [0.25, 0.3) is 0 Å². The second-order valence-corrected chi connectivity index (χ2v) is 5.42. The van der Waals surface area contributed by atoms with E-state index in [9.17, 15) is 0 Å². The van der Waals surface area contributed by atoms with E-state index >= 15 is 0 Å². The third-order valence-electron chi connectivity index (χ3n) is 3.13. The number of hydrogen-bond donors (Lipinski definition) is 0. The van der Waals surface area contributed by atoms with Gasteiger partial charge in [0.15, 0.2) is 0 Å². The zero-order valence-electron chi connectivity index (χ0n) is 11.0. The van der Waals surface area contributed by atoms with E-state index in [1.807, 2.05) is 36.4 Å². The van der Waals surface area contributed by atoms with Gasteiger partial charge in [-0.2, -0.15) is 0 Å². The van der Waals surface area contributed by atoms with E-state index < -0.39 is 0 Å². The number of aryl methyl sites for hydroxylation is 1. The van der Waals surface area contributed by atoms with Crippen LogP contribution in [0.5, 0.6) is 5.75 Å². The Kier molecular flexibility index (Phi) is 4.07. The number of benzene rings is 2. The van der Waals surface area contributed by atoms with Gasteiger partial charge in [0.1, 0.15) is 23.7 Å². The molecule has 0 bridgehead atoms. The van der Waals surface area contributed by atoms with E-state index in [-0.39, 0.29) is 0 Å². The highest BCUT2D eigenvalue weighted by molar-refractivity contribution is 9.09. The largest absolute Gasteiger partial charge is 0.489 e. The van der Waals surface area contributed by atoms with Gasteiger partial charge in [0, 0.05) is 23.2 Å². The summed E-state index contributed by atoms with van der Waals surface area (Å²) in [6.07, 6.45) is 0.898. The first-order valence-electron chi connectivity index (χ1n) is 6.60. The molecule has 0 atom stereocenters. The maximum absolute atomic E-state index is 5.80. The Bertz CT molecular complexity index is 689. The van der Waals surface area contributed by atoms with Gasteiger partial charge in [-0.15, -0.1) is 0 Å². The van der Waals surface area contributed by atoms with Crippen LogP contribution in [0.3, 0.4) is 0 Å². The maximum Gasteiger partial charge on any atom is 0.137 e. The average molecular weight is 331 g/mol. The molecule has 3 rings (SSSR count). The molecule has 1 heterocycles. The van der Waals surface area contributed by atoms with E-state index in [0.717, 1.165) is 39.8 Å². The lowest BCUT2D eigenvalue weighted by atomic mass is 10.2. The van der Waals surface area contributed by atoms with Gasteiger partial charge in [0.05, 0.1) is 0 Å². The predicted molar refractivity (Wildman–Crippen MR) is 84.5 cm³/mol. The third kappa shape index (κ3) is 3.05. The van der Waals surface area contributed by atoms with Gasteiger partial charge in [-0.1, -0.05) is 46.3 Å². The van der Waals surface area contributed by atoms with Crippen LogP contribution < -0.4 is 4.74 Å². The van der Waals surface area contributed by atoms with Crippen LogP contribution in [0.1, 0.15) is 11.3 Å². The van der Waals surface area contributed by atoms with Crippen molar-refractivity contribution in [2.75, 3.05) is 5.33 Å². The number of ether oxygens (including phenoxy) is 1. The van der Waals surface area contributed by atoms with E-state index in [2.05, 4.69) is 34.1 Å². The number of rotatable bonds is 5. The summed E-state index contributed by atoms with van der Waals surface area (Å²) >= 11 is 3.42. The Morgan fingerprint density at radius 3 is 2.65 bits per heavy atom. The van der Waals surface area contributed by atoms with Crippen molar-refractivity contribution < 1.29 is 9.15 Å². The lowest BCUT2D eigenvalue weighted by Crippen LogP contribution is -1.94. The summed E-state index contributed by atoms with van der Waals surface area (Å²) in [5.41, 5.74) is 2.04. The standard InChI is InChI=1S/C17H15BrO2/c18-9-8-16-10-14-6-7-15(11-17(14)20-16)19-12-13-4-2-1-3-5-13/h1-7,10-11H,8-9,12H2. The molecule has 0 spiro atoms. The Morgan fingerprint density at radius 1 is 1.00 bits per heavy atom. The van der Waals surface area contributed by atoms with Crippen molar-refractivity contribution in [2.45, 2.75) is 13.0 Å². The molecular formula is C17H15BrO2. The molecule has 0 aliphatic rings. The fourth-order valence-corrected chi connectivity index (χ4v) is 2.50. The topological polar surface area (TPSA) is 22.4 Å². The molecule has 0 unspecified atom stereocenters. The van der Waals surface area contributed by atoms with E-state index in [1.165, 1.54) is 0 Å². The monoisotopic (exact) mass is 330 g/mol. The Balaban J connectivity index is 1.75. The molecule has 0 fully saturated rings. The molecule has 0 radical (unpaired) electrons. The van der Waals surface area contributed by atoms with E-state index in [1.54, 1.807) is 0 Å². The maximum atomic E-state index is 5.80. The highest BCUT2D eigenvalue weighted by Crippen LogP contribution is 2.25. The minimum Gasteiger partial charge on any atom is -0.489 e. The highest BCUT2D eigenvalue weighted by atomic mass is 79.9. The van der Waals surface area contributed by atoms with Crippen molar-refractivity contribution in [3.05, 3.63) is 65.9 Å². The quantitative estimate of drug-likeness (QED) is 0.617. The van der Waals surface area contributed by atoms with Crippen LogP contribution in [-0.4, -0.2) is 5.33 Å². The molecule has 2 nitrogen and oxygen atoms in total. The summed E-state index contributed by atoms with van der Waals surface area (Å²) in [7, 11) is 0. The molecule has 3 heteroatoms. The van der Waals surface area contributed by atoms with Gasteiger partial charge in [0.2, 0.25) is 0 Å². The van der Waals surface area contributed by atoms with Gasteiger partial charge in [-0.05, 0) is 23.8 Å². The molecule has 0 N–H and O–H groups in total. The van der Waals surface area contributed by atoms with Crippen molar-refractivity contribution in [2.24, 2.45) is 0 Å². The Morgan fingerprint density at radius 2 is 1.85 bits per heavy atom. The third-order valence-corrected chi connectivity index (χ3v) is 3.53. The second kappa shape index (κ2) is 6.14. The zero-order valence-corrected chi connectivity index (χ0v) is 12.6. The van der Waals surface area contributed by atoms with Crippen LogP contribution in [0.2, 0.25) is 0 Å². The van der Waals surface area contributed by atoms with Crippen molar-refractivity contribution in [3.8, 4) is 5.75 Å². The zero-order chi connectivity index (χ0) is 13.8. The van der Waals surface area contributed by atoms with Crippen LogP contribution in [-0.2, 0) is 13.0 Å². The lowest BCUT2D eigenvalue weighted by molar-refractivity contribution is 0.306. The summed E-state index contributed by atoms with van der Waals surface area (Å²) in [4.78, 5) is 0. The van der Waals surface area contributed by atoms with Crippen molar-refractivity contribution in [1.82, 2.24) is 0 Å². The average Bonchev–Trinajstić information content (AvgIpc) is 2.88. The van der Waals surface area contributed by atoms with Crippen LogP contribution in [0.25, 0.3) is 11.0 Å². The molecule has 0 aliphatic heterocycles. The minimum atomic E-state index is 0.571. The SMILES string of the molecule is BrCCc1cc2ccc(OCc3ccccc3)cc2o1. The molecule has 3 aromatic rings. The summed E-state index contributed by atoms with van der Waals surface area (Å²) in [5, 5.41) is 2.03. The first kappa shape index (κ1) is 13.3.